The van der Waals surface area contributed by atoms with Crippen molar-refractivity contribution in [1.82, 2.24) is 0 Å². The van der Waals surface area contributed by atoms with Gasteiger partial charge in [0.15, 0.2) is 11.6 Å². The van der Waals surface area contributed by atoms with E-state index in [2.05, 4.69) is 0 Å². The minimum Gasteiger partial charge on any atom is -0.399 e. The van der Waals surface area contributed by atoms with Crippen LogP contribution in [0.5, 0.6) is 0 Å². The van der Waals surface area contributed by atoms with E-state index < -0.39 is 11.6 Å². The molecule has 0 aliphatic rings. The van der Waals surface area contributed by atoms with Gasteiger partial charge < -0.3 is 10.6 Å². The monoisotopic (exact) mass is 266 g/mol. The van der Waals surface area contributed by atoms with Gasteiger partial charge in [-0.15, -0.1) is 0 Å². The van der Waals surface area contributed by atoms with E-state index in [1.54, 1.807) is 19.2 Å². The summed E-state index contributed by atoms with van der Waals surface area (Å²) in [6, 6.07) is 7.88. The summed E-state index contributed by atoms with van der Waals surface area (Å²) in [4.78, 5) is 1.41. The molecule has 0 aliphatic carbocycles. The fraction of sp³-hybridized carbons (Fsp3) is 0.143. The lowest BCUT2D eigenvalue weighted by Crippen LogP contribution is -2.19. The van der Waals surface area contributed by atoms with Gasteiger partial charge in [0.25, 0.3) is 0 Å². The third-order valence-corrected chi connectivity index (χ3v) is 2.75. The Morgan fingerprint density at radius 2 is 1.53 bits per heavy atom. The van der Waals surface area contributed by atoms with Crippen molar-refractivity contribution < 1.29 is 13.2 Å². The number of halogens is 3. The van der Waals surface area contributed by atoms with Crippen molar-refractivity contribution in [3.05, 3.63) is 59.4 Å². The standard InChI is InChI=1S/C14H13F3N2/c1-19(8-9-2-4-10(15)5-3-9)14-12(16)6-11(18)7-13(14)17/h2-7H,8,18H2,1H3. The van der Waals surface area contributed by atoms with Crippen molar-refractivity contribution in [2.45, 2.75) is 6.54 Å². The molecular formula is C14H13F3N2. The predicted molar refractivity (Wildman–Crippen MR) is 69.3 cm³/mol. The highest BCUT2D eigenvalue weighted by molar-refractivity contribution is 5.55. The second-order valence-corrected chi connectivity index (χ2v) is 4.32. The first-order valence-corrected chi connectivity index (χ1v) is 5.67. The smallest absolute Gasteiger partial charge is 0.151 e. The van der Waals surface area contributed by atoms with Gasteiger partial charge in [-0.1, -0.05) is 12.1 Å². The molecule has 2 rings (SSSR count). The van der Waals surface area contributed by atoms with Crippen LogP contribution in [0.1, 0.15) is 5.56 Å². The minimum atomic E-state index is -0.720. The summed E-state index contributed by atoms with van der Waals surface area (Å²) < 4.78 is 40.2. The fourth-order valence-corrected chi connectivity index (χ4v) is 1.89. The number of benzene rings is 2. The highest BCUT2D eigenvalue weighted by atomic mass is 19.1. The SMILES string of the molecule is CN(Cc1ccc(F)cc1)c1c(F)cc(N)cc1F. The zero-order valence-corrected chi connectivity index (χ0v) is 10.3. The predicted octanol–water partition coefficient (Wildman–Crippen LogP) is 3.32. The largest absolute Gasteiger partial charge is 0.399 e. The Morgan fingerprint density at radius 1 is 1.00 bits per heavy atom. The Balaban J connectivity index is 2.25. The van der Waals surface area contributed by atoms with Crippen molar-refractivity contribution in [2.24, 2.45) is 0 Å². The van der Waals surface area contributed by atoms with Crippen LogP contribution in [0.25, 0.3) is 0 Å². The average molecular weight is 266 g/mol. The normalized spacial score (nSPS) is 10.5. The van der Waals surface area contributed by atoms with Gasteiger partial charge >= 0.3 is 0 Å². The number of nitrogens with zero attached hydrogens (tertiary/aromatic N) is 1. The molecular weight excluding hydrogens is 253 g/mol. The molecule has 2 N–H and O–H groups in total. The number of nitrogens with two attached hydrogens (primary N) is 1. The van der Waals surface area contributed by atoms with Gasteiger partial charge in [-0.25, -0.2) is 13.2 Å². The maximum Gasteiger partial charge on any atom is 0.151 e. The molecule has 2 aromatic carbocycles. The van der Waals surface area contributed by atoms with Crippen LogP contribution in [0.4, 0.5) is 24.5 Å². The quantitative estimate of drug-likeness (QED) is 0.863. The summed E-state index contributed by atoms with van der Waals surface area (Å²) in [6.07, 6.45) is 0. The first-order chi connectivity index (χ1) is 8.97. The van der Waals surface area contributed by atoms with Crippen molar-refractivity contribution >= 4 is 11.4 Å². The molecule has 0 saturated carbocycles. The van der Waals surface area contributed by atoms with Gasteiger partial charge in [0.05, 0.1) is 0 Å². The van der Waals surface area contributed by atoms with Crippen molar-refractivity contribution in [2.75, 3.05) is 17.7 Å². The van der Waals surface area contributed by atoms with E-state index >= 15 is 0 Å². The van der Waals surface area contributed by atoms with Crippen LogP contribution in [-0.2, 0) is 6.54 Å². The Kier molecular flexibility index (Phi) is 3.64. The van der Waals surface area contributed by atoms with Crippen LogP contribution >= 0.6 is 0 Å². The summed E-state index contributed by atoms with van der Waals surface area (Å²) in [5.74, 6) is -1.79. The maximum atomic E-state index is 13.7. The zero-order valence-electron chi connectivity index (χ0n) is 10.3. The van der Waals surface area contributed by atoms with Crippen molar-refractivity contribution in [1.29, 1.82) is 0 Å². The lowest BCUT2D eigenvalue weighted by molar-refractivity contribution is 0.577. The molecule has 0 aliphatic heterocycles. The van der Waals surface area contributed by atoms with Crippen LogP contribution in [0, 0.1) is 17.5 Å². The first kappa shape index (κ1) is 13.3. The lowest BCUT2D eigenvalue weighted by Gasteiger charge is -2.21. The van der Waals surface area contributed by atoms with Crippen molar-refractivity contribution in [3.63, 3.8) is 0 Å². The summed E-state index contributed by atoms with van der Waals surface area (Å²) in [6.45, 7) is 0.262. The van der Waals surface area contributed by atoms with E-state index in [4.69, 9.17) is 5.73 Å². The van der Waals surface area contributed by atoms with Gasteiger partial charge in [-0.05, 0) is 29.8 Å². The summed E-state index contributed by atoms with van der Waals surface area (Å²) >= 11 is 0. The van der Waals surface area contributed by atoms with Gasteiger partial charge in [0, 0.05) is 19.3 Å². The number of rotatable bonds is 3. The van der Waals surface area contributed by atoms with Crippen LogP contribution in [0.3, 0.4) is 0 Å². The molecule has 0 atom stereocenters. The van der Waals surface area contributed by atoms with Crippen LogP contribution < -0.4 is 10.6 Å². The second-order valence-electron chi connectivity index (χ2n) is 4.32. The summed E-state index contributed by atoms with van der Waals surface area (Å²) in [7, 11) is 1.56. The summed E-state index contributed by atoms with van der Waals surface area (Å²) in [5, 5.41) is 0. The molecule has 0 aromatic heterocycles. The zero-order chi connectivity index (χ0) is 14.0. The topological polar surface area (TPSA) is 29.3 Å². The maximum absolute atomic E-state index is 13.7. The van der Waals surface area contributed by atoms with Crippen molar-refractivity contribution in [3.8, 4) is 0 Å². The lowest BCUT2D eigenvalue weighted by atomic mass is 10.2. The molecule has 100 valence electrons. The first-order valence-electron chi connectivity index (χ1n) is 5.67. The third-order valence-electron chi connectivity index (χ3n) is 2.75. The molecule has 0 bridgehead atoms. The average Bonchev–Trinajstić information content (AvgIpc) is 2.30. The molecule has 5 heteroatoms. The van der Waals surface area contributed by atoms with E-state index in [1.165, 1.54) is 17.0 Å². The molecule has 0 unspecified atom stereocenters. The van der Waals surface area contributed by atoms with E-state index in [-0.39, 0.29) is 23.7 Å². The van der Waals surface area contributed by atoms with Crippen LogP contribution in [-0.4, -0.2) is 7.05 Å². The summed E-state index contributed by atoms with van der Waals surface area (Å²) in [5.41, 5.74) is 5.99. The molecule has 2 aromatic rings. The van der Waals surface area contributed by atoms with E-state index in [0.29, 0.717) is 0 Å². The van der Waals surface area contributed by atoms with E-state index in [1.807, 2.05) is 0 Å². The molecule has 0 radical (unpaired) electrons. The second kappa shape index (κ2) is 5.22. The molecule has 0 heterocycles. The molecule has 0 spiro atoms. The van der Waals surface area contributed by atoms with Gasteiger partial charge in [-0.3, -0.25) is 0 Å². The molecule has 2 nitrogen and oxygen atoms in total. The van der Waals surface area contributed by atoms with Crippen LogP contribution in [0.15, 0.2) is 36.4 Å². The van der Waals surface area contributed by atoms with E-state index in [9.17, 15) is 13.2 Å². The number of anilines is 2. The van der Waals surface area contributed by atoms with Gasteiger partial charge in [-0.2, -0.15) is 0 Å². The number of hydrogen-bond acceptors (Lipinski definition) is 2. The Hall–Kier alpha value is -2.17. The minimum absolute atomic E-state index is 0.0360. The Morgan fingerprint density at radius 3 is 2.05 bits per heavy atom. The molecule has 0 fully saturated rings. The van der Waals surface area contributed by atoms with Gasteiger partial charge in [0.2, 0.25) is 0 Å². The fourth-order valence-electron chi connectivity index (χ4n) is 1.89. The highest BCUT2D eigenvalue weighted by Gasteiger charge is 2.14. The number of hydrogen-bond donors (Lipinski definition) is 1. The molecule has 0 amide bonds. The highest BCUT2D eigenvalue weighted by Crippen LogP contribution is 2.26. The number of nitrogen functional groups attached to an aromatic ring is 1. The Bertz CT molecular complexity index is 559. The van der Waals surface area contributed by atoms with Crippen LogP contribution in [0.2, 0.25) is 0 Å². The van der Waals surface area contributed by atoms with Gasteiger partial charge in [0.1, 0.15) is 11.5 Å². The Labute approximate surface area is 109 Å². The van der Waals surface area contributed by atoms with E-state index in [0.717, 1.165) is 17.7 Å². The third kappa shape index (κ3) is 2.99. The molecule has 0 saturated heterocycles. The molecule has 19 heavy (non-hydrogen) atoms.